The van der Waals surface area contributed by atoms with Crippen molar-refractivity contribution in [3.8, 4) is 0 Å². The highest BCUT2D eigenvalue weighted by molar-refractivity contribution is 5.92. The van der Waals surface area contributed by atoms with Crippen molar-refractivity contribution in [1.82, 2.24) is 16.0 Å². The molecule has 1 aromatic carbocycles. The number of hydrogen-bond donors (Lipinski definition) is 3. The van der Waals surface area contributed by atoms with Crippen LogP contribution in [0.3, 0.4) is 0 Å². The first-order chi connectivity index (χ1) is 13.5. The normalized spacial score (nSPS) is 19.3. The average molecular weight is 389 g/mol. The van der Waals surface area contributed by atoms with Gasteiger partial charge in [-0.2, -0.15) is 0 Å². The third-order valence-electron chi connectivity index (χ3n) is 5.25. The van der Waals surface area contributed by atoms with Gasteiger partial charge in [0.1, 0.15) is 12.1 Å². The van der Waals surface area contributed by atoms with Crippen LogP contribution in [0.4, 0.5) is 0 Å². The van der Waals surface area contributed by atoms with Gasteiger partial charge in [0.2, 0.25) is 11.8 Å². The molecule has 0 radical (unpaired) electrons. The summed E-state index contributed by atoms with van der Waals surface area (Å²) < 4.78 is 4.86. The van der Waals surface area contributed by atoms with E-state index in [1.54, 1.807) is 0 Å². The Balaban J connectivity index is 2.09. The lowest BCUT2D eigenvalue weighted by molar-refractivity contribution is -0.145. The van der Waals surface area contributed by atoms with Crippen LogP contribution in [0.2, 0.25) is 0 Å². The highest BCUT2D eigenvalue weighted by Gasteiger charge is 2.32. The molecule has 28 heavy (non-hydrogen) atoms. The second-order valence-corrected chi connectivity index (χ2v) is 7.29. The van der Waals surface area contributed by atoms with Crippen molar-refractivity contribution in [2.24, 2.45) is 5.92 Å². The van der Waals surface area contributed by atoms with Gasteiger partial charge < -0.3 is 20.7 Å². The average Bonchev–Trinajstić information content (AvgIpc) is 3.25. The van der Waals surface area contributed by atoms with Crippen LogP contribution in [0.5, 0.6) is 0 Å². The number of methoxy groups -OCH3 is 1. The number of nitrogens with one attached hydrogen (secondary N) is 3. The number of carbonyl (C=O) groups is 3. The summed E-state index contributed by atoms with van der Waals surface area (Å²) in [6, 6.07) is 7.64. The summed E-state index contributed by atoms with van der Waals surface area (Å²) in [5.74, 6) is -1.12. The van der Waals surface area contributed by atoms with E-state index in [0.717, 1.165) is 31.4 Å². The SMILES string of the molecule is CC[C@H](C)[C@H](NC(=O)[C@@H]1CCCN1)C(=O)N[C@@H](Cc1ccccc1)C(=O)OC. The van der Waals surface area contributed by atoms with E-state index in [2.05, 4.69) is 16.0 Å². The Labute approximate surface area is 166 Å². The standard InChI is InChI=1S/C21H31N3O4/c1-4-14(2)18(24-19(25)16-11-8-12-22-16)20(26)23-17(21(27)28-3)13-15-9-6-5-7-10-15/h5-7,9-10,14,16-18,22H,4,8,11-13H2,1-3H3,(H,23,26)(H,24,25)/t14-,16-,17-,18-/m0/s1. The predicted molar refractivity (Wildman–Crippen MR) is 107 cm³/mol. The lowest BCUT2D eigenvalue weighted by Crippen LogP contribution is -2.57. The van der Waals surface area contributed by atoms with Crippen molar-refractivity contribution >= 4 is 17.8 Å². The zero-order valence-corrected chi connectivity index (χ0v) is 16.9. The highest BCUT2D eigenvalue weighted by atomic mass is 16.5. The summed E-state index contributed by atoms with van der Waals surface area (Å²) in [5, 5.41) is 8.79. The van der Waals surface area contributed by atoms with Crippen molar-refractivity contribution in [2.75, 3.05) is 13.7 Å². The zero-order valence-electron chi connectivity index (χ0n) is 16.9. The summed E-state index contributed by atoms with van der Waals surface area (Å²) in [4.78, 5) is 37.7. The minimum absolute atomic E-state index is 0.0691. The third-order valence-corrected chi connectivity index (χ3v) is 5.25. The molecule has 154 valence electrons. The van der Waals surface area contributed by atoms with Crippen LogP contribution < -0.4 is 16.0 Å². The van der Waals surface area contributed by atoms with Gasteiger partial charge in [-0.3, -0.25) is 9.59 Å². The minimum atomic E-state index is -0.812. The molecule has 2 rings (SSSR count). The Morgan fingerprint density at radius 3 is 2.50 bits per heavy atom. The van der Waals surface area contributed by atoms with Crippen LogP contribution in [0.25, 0.3) is 0 Å². The van der Waals surface area contributed by atoms with E-state index < -0.39 is 18.1 Å². The maximum Gasteiger partial charge on any atom is 0.328 e. The number of benzene rings is 1. The van der Waals surface area contributed by atoms with E-state index in [1.165, 1.54) is 7.11 Å². The molecule has 7 heteroatoms. The summed E-state index contributed by atoms with van der Waals surface area (Å²) in [5.41, 5.74) is 0.914. The fourth-order valence-corrected chi connectivity index (χ4v) is 3.31. The van der Waals surface area contributed by atoms with Gasteiger partial charge >= 0.3 is 5.97 Å². The molecule has 1 aromatic rings. The van der Waals surface area contributed by atoms with E-state index in [-0.39, 0.29) is 23.8 Å². The molecule has 1 aliphatic heterocycles. The van der Waals surface area contributed by atoms with Gasteiger partial charge in [-0.25, -0.2) is 4.79 Å². The number of hydrogen-bond acceptors (Lipinski definition) is 5. The molecule has 0 aromatic heterocycles. The topological polar surface area (TPSA) is 96.5 Å². The number of amides is 2. The lowest BCUT2D eigenvalue weighted by Gasteiger charge is -2.27. The molecular weight excluding hydrogens is 358 g/mol. The van der Waals surface area contributed by atoms with Crippen molar-refractivity contribution in [2.45, 2.75) is 57.7 Å². The first-order valence-corrected chi connectivity index (χ1v) is 9.92. The van der Waals surface area contributed by atoms with Crippen LogP contribution >= 0.6 is 0 Å². The number of rotatable bonds is 9. The van der Waals surface area contributed by atoms with Crippen LogP contribution in [0, 0.1) is 5.92 Å². The molecule has 1 saturated heterocycles. The van der Waals surface area contributed by atoms with E-state index in [1.807, 2.05) is 44.2 Å². The van der Waals surface area contributed by atoms with Crippen molar-refractivity contribution in [3.05, 3.63) is 35.9 Å². The van der Waals surface area contributed by atoms with Gasteiger partial charge in [-0.1, -0.05) is 50.6 Å². The Bertz CT molecular complexity index is 659. The molecule has 1 aliphatic rings. The smallest absolute Gasteiger partial charge is 0.328 e. The predicted octanol–water partition coefficient (Wildman–Crippen LogP) is 1.17. The molecule has 0 spiro atoms. The minimum Gasteiger partial charge on any atom is -0.467 e. The van der Waals surface area contributed by atoms with Crippen molar-refractivity contribution in [3.63, 3.8) is 0 Å². The monoisotopic (exact) mass is 389 g/mol. The van der Waals surface area contributed by atoms with Gasteiger partial charge in [-0.15, -0.1) is 0 Å². The molecule has 2 amide bonds. The summed E-state index contributed by atoms with van der Waals surface area (Å²) in [6.07, 6.45) is 2.75. The van der Waals surface area contributed by atoms with Gasteiger partial charge in [0.15, 0.2) is 0 Å². The Hall–Kier alpha value is -2.41. The van der Waals surface area contributed by atoms with Gasteiger partial charge in [0.05, 0.1) is 13.2 Å². The van der Waals surface area contributed by atoms with Crippen LogP contribution in [0.15, 0.2) is 30.3 Å². The molecule has 4 atom stereocenters. The lowest BCUT2D eigenvalue weighted by atomic mass is 9.97. The quantitative estimate of drug-likeness (QED) is 0.551. The van der Waals surface area contributed by atoms with Crippen molar-refractivity contribution < 1.29 is 19.1 Å². The fraction of sp³-hybridized carbons (Fsp3) is 0.571. The van der Waals surface area contributed by atoms with Crippen LogP contribution in [-0.4, -0.2) is 49.6 Å². The first-order valence-electron chi connectivity index (χ1n) is 9.92. The van der Waals surface area contributed by atoms with Gasteiger partial charge in [0.25, 0.3) is 0 Å². The Morgan fingerprint density at radius 1 is 1.21 bits per heavy atom. The van der Waals surface area contributed by atoms with E-state index in [4.69, 9.17) is 4.74 Å². The summed E-state index contributed by atoms with van der Waals surface area (Å²) in [7, 11) is 1.30. The fourth-order valence-electron chi connectivity index (χ4n) is 3.31. The Kier molecular flexibility index (Phi) is 8.44. The van der Waals surface area contributed by atoms with Crippen LogP contribution in [-0.2, 0) is 25.5 Å². The molecule has 0 unspecified atom stereocenters. The van der Waals surface area contributed by atoms with Crippen molar-refractivity contribution in [1.29, 1.82) is 0 Å². The molecule has 0 saturated carbocycles. The number of ether oxygens (including phenoxy) is 1. The maximum absolute atomic E-state index is 13.0. The zero-order chi connectivity index (χ0) is 20.5. The van der Waals surface area contributed by atoms with Gasteiger partial charge in [0, 0.05) is 6.42 Å². The maximum atomic E-state index is 13.0. The number of carbonyl (C=O) groups excluding carboxylic acids is 3. The molecule has 7 nitrogen and oxygen atoms in total. The molecule has 1 fully saturated rings. The third kappa shape index (κ3) is 6.05. The Morgan fingerprint density at radius 2 is 1.93 bits per heavy atom. The van der Waals surface area contributed by atoms with Gasteiger partial charge in [-0.05, 0) is 30.9 Å². The first kappa shape index (κ1) is 21.9. The summed E-state index contributed by atoms with van der Waals surface area (Å²) >= 11 is 0. The molecule has 0 bridgehead atoms. The molecule has 0 aliphatic carbocycles. The summed E-state index contributed by atoms with van der Waals surface area (Å²) in [6.45, 7) is 4.68. The molecule has 1 heterocycles. The molecular formula is C21H31N3O4. The molecule has 3 N–H and O–H groups in total. The van der Waals surface area contributed by atoms with E-state index in [9.17, 15) is 14.4 Å². The largest absolute Gasteiger partial charge is 0.467 e. The second-order valence-electron chi connectivity index (χ2n) is 7.29. The van der Waals surface area contributed by atoms with Crippen LogP contribution in [0.1, 0.15) is 38.7 Å². The van der Waals surface area contributed by atoms with E-state index in [0.29, 0.717) is 6.42 Å². The number of esters is 1. The second kappa shape index (κ2) is 10.8. The van der Waals surface area contributed by atoms with E-state index >= 15 is 0 Å². The highest BCUT2D eigenvalue weighted by Crippen LogP contribution is 2.12.